The van der Waals surface area contributed by atoms with Crippen molar-refractivity contribution in [3.05, 3.63) is 59.9 Å². The lowest BCUT2D eigenvalue weighted by molar-refractivity contribution is -0.00868. The smallest absolute Gasteiger partial charge is 0.157 e. The number of aromatic hydroxyl groups is 1. The number of hydrogen-bond donors (Lipinski definition) is 2. The van der Waals surface area contributed by atoms with Crippen molar-refractivity contribution in [3.8, 4) is 22.9 Å². The van der Waals surface area contributed by atoms with Gasteiger partial charge in [0.2, 0.25) is 0 Å². The molecule has 0 saturated carbocycles. The zero-order chi connectivity index (χ0) is 18.7. The summed E-state index contributed by atoms with van der Waals surface area (Å²) in [5.41, 5.74) is 0.908. The van der Waals surface area contributed by atoms with Crippen molar-refractivity contribution >= 4 is 6.29 Å². The molecule has 3 aromatic rings. The molecule has 0 unspecified atom stereocenters. The summed E-state index contributed by atoms with van der Waals surface area (Å²) in [6, 6.07) is 10.0. The van der Waals surface area contributed by atoms with Gasteiger partial charge in [-0.2, -0.15) is 5.10 Å². The van der Waals surface area contributed by atoms with Crippen LogP contribution in [0.4, 0.5) is 0 Å². The van der Waals surface area contributed by atoms with Gasteiger partial charge in [-0.1, -0.05) is 12.1 Å². The topological polar surface area (TPSA) is 97.5 Å². The first kappa shape index (κ1) is 17.6. The molecule has 7 nitrogen and oxygen atoms in total. The summed E-state index contributed by atoms with van der Waals surface area (Å²) in [6.45, 7) is 3.39. The molecule has 134 valence electrons. The van der Waals surface area contributed by atoms with E-state index in [2.05, 4.69) is 10.1 Å². The van der Waals surface area contributed by atoms with E-state index in [9.17, 15) is 15.0 Å². The number of carbonyl (C=O) groups is 1. The van der Waals surface area contributed by atoms with Crippen LogP contribution < -0.4 is 4.74 Å². The zero-order valence-corrected chi connectivity index (χ0v) is 14.5. The molecule has 0 radical (unpaired) electrons. The standard InChI is InChI=1S/C19H19N3O4/c1-19(2,25)22-15(8-10-21-22)18-13(5-4-9-20-18)12-26-17-7-3-6-16(24)14(17)11-23/h3-11,24-25H,12H2,1-2H3. The van der Waals surface area contributed by atoms with E-state index in [0.29, 0.717) is 17.7 Å². The first-order chi connectivity index (χ1) is 12.4. The highest BCUT2D eigenvalue weighted by molar-refractivity contribution is 5.83. The molecule has 0 atom stereocenters. The fraction of sp³-hybridized carbons (Fsp3) is 0.211. The number of aromatic nitrogens is 3. The summed E-state index contributed by atoms with van der Waals surface area (Å²) in [5.74, 6) is 0.148. The molecule has 0 aliphatic heterocycles. The molecule has 0 aliphatic rings. The van der Waals surface area contributed by atoms with Crippen molar-refractivity contribution in [2.45, 2.75) is 26.2 Å². The van der Waals surface area contributed by atoms with Crippen molar-refractivity contribution < 1.29 is 19.7 Å². The number of rotatable bonds is 6. The Kier molecular flexibility index (Phi) is 4.73. The lowest BCUT2D eigenvalue weighted by Crippen LogP contribution is -2.27. The van der Waals surface area contributed by atoms with E-state index in [-0.39, 0.29) is 23.7 Å². The maximum Gasteiger partial charge on any atom is 0.157 e. The molecule has 0 saturated heterocycles. The Bertz CT molecular complexity index is 929. The van der Waals surface area contributed by atoms with Crippen LogP contribution in [0.15, 0.2) is 48.8 Å². The predicted octanol–water partition coefficient (Wildman–Crippen LogP) is 2.73. The van der Waals surface area contributed by atoms with Gasteiger partial charge in [0.1, 0.15) is 18.1 Å². The van der Waals surface area contributed by atoms with Crippen LogP contribution in [0.2, 0.25) is 0 Å². The van der Waals surface area contributed by atoms with Crippen molar-refractivity contribution in [2.75, 3.05) is 0 Å². The summed E-state index contributed by atoms with van der Waals surface area (Å²) in [6.07, 6.45) is 3.79. The van der Waals surface area contributed by atoms with Crippen LogP contribution in [0.5, 0.6) is 11.5 Å². The molecule has 1 aromatic carbocycles. The largest absolute Gasteiger partial charge is 0.507 e. The normalized spacial score (nSPS) is 11.3. The number of nitrogens with zero attached hydrogens (tertiary/aromatic N) is 3. The quantitative estimate of drug-likeness (QED) is 0.661. The summed E-state index contributed by atoms with van der Waals surface area (Å²) in [7, 11) is 0. The van der Waals surface area contributed by atoms with E-state index in [0.717, 1.165) is 5.56 Å². The van der Waals surface area contributed by atoms with E-state index in [1.165, 1.54) is 10.7 Å². The van der Waals surface area contributed by atoms with E-state index in [4.69, 9.17) is 4.74 Å². The number of carbonyl (C=O) groups excluding carboxylic acids is 1. The molecule has 2 aromatic heterocycles. The second kappa shape index (κ2) is 6.97. The Morgan fingerprint density at radius 1 is 1.19 bits per heavy atom. The Morgan fingerprint density at radius 3 is 2.73 bits per heavy atom. The molecule has 0 bridgehead atoms. The molecule has 2 heterocycles. The molecule has 0 amide bonds. The number of hydrogen-bond acceptors (Lipinski definition) is 6. The molecular weight excluding hydrogens is 334 g/mol. The van der Waals surface area contributed by atoms with Gasteiger partial charge in [-0.05, 0) is 38.1 Å². The first-order valence-electron chi connectivity index (χ1n) is 8.03. The van der Waals surface area contributed by atoms with Crippen molar-refractivity contribution in [1.29, 1.82) is 0 Å². The third-order valence-electron chi connectivity index (χ3n) is 3.84. The van der Waals surface area contributed by atoms with Crippen LogP contribution in [0.25, 0.3) is 11.4 Å². The Balaban J connectivity index is 1.94. The van der Waals surface area contributed by atoms with Gasteiger partial charge < -0.3 is 14.9 Å². The van der Waals surface area contributed by atoms with E-state index < -0.39 is 5.72 Å². The number of phenols is 1. The number of aldehydes is 1. The van der Waals surface area contributed by atoms with Crippen molar-refractivity contribution in [1.82, 2.24) is 14.8 Å². The summed E-state index contributed by atoms with van der Waals surface area (Å²) in [4.78, 5) is 15.6. The third-order valence-corrected chi connectivity index (χ3v) is 3.84. The number of ether oxygens (including phenoxy) is 1. The summed E-state index contributed by atoms with van der Waals surface area (Å²) >= 11 is 0. The molecule has 26 heavy (non-hydrogen) atoms. The molecule has 0 fully saturated rings. The number of pyridine rings is 1. The zero-order valence-electron chi connectivity index (χ0n) is 14.5. The van der Waals surface area contributed by atoms with E-state index in [1.54, 1.807) is 50.5 Å². The fourth-order valence-electron chi connectivity index (χ4n) is 2.64. The van der Waals surface area contributed by atoms with Crippen molar-refractivity contribution in [2.24, 2.45) is 0 Å². The van der Waals surface area contributed by atoms with Crippen molar-refractivity contribution in [3.63, 3.8) is 0 Å². The van der Waals surface area contributed by atoms with Crippen LogP contribution in [0.1, 0.15) is 29.8 Å². The minimum absolute atomic E-state index is 0.0967. The average molecular weight is 353 g/mol. The first-order valence-corrected chi connectivity index (χ1v) is 8.03. The molecule has 3 rings (SSSR count). The van der Waals surface area contributed by atoms with Gasteiger partial charge in [-0.15, -0.1) is 0 Å². The highest BCUT2D eigenvalue weighted by Gasteiger charge is 2.22. The summed E-state index contributed by atoms with van der Waals surface area (Å²) < 4.78 is 7.21. The third kappa shape index (κ3) is 3.43. The lowest BCUT2D eigenvalue weighted by Gasteiger charge is -2.21. The van der Waals surface area contributed by atoms with Crippen LogP contribution >= 0.6 is 0 Å². The molecule has 0 aliphatic carbocycles. The maximum atomic E-state index is 11.2. The lowest BCUT2D eigenvalue weighted by atomic mass is 10.1. The molecular formula is C19H19N3O4. The Labute approximate surface area is 150 Å². The highest BCUT2D eigenvalue weighted by atomic mass is 16.5. The highest BCUT2D eigenvalue weighted by Crippen LogP contribution is 2.29. The van der Waals surface area contributed by atoms with E-state index in [1.807, 2.05) is 6.07 Å². The number of aliphatic hydroxyl groups is 1. The molecule has 2 N–H and O–H groups in total. The molecule has 7 heteroatoms. The maximum absolute atomic E-state index is 11.2. The van der Waals surface area contributed by atoms with Crippen LogP contribution in [-0.4, -0.2) is 31.3 Å². The van der Waals surface area contributed by atoms with Gasteiger partial charge in [0, 0.05) is 18.0 Å². The second-order valence-electron chi connectivity index (χ2n) is 6.23. The minimum Gasteiger partial charge on any atom is -0.507 e. The SMILES string of the molecule is CC(C)(O)n1nccc1-c1ncccc1COc1cccc(O)c1C=O. The summed E-state index contributed by atoms with van der Waals surface area (Å²) in [5, 5.41) is 24.2. The van der Waals surface area contributed by atoms with Gasteiger partial charge in [0.15, 0.2) is 12.0 Å². The number of benzene rings is 1. The van der Waals surface area contributed by atoms with E-state index >= 15 is 0 Å². The monoisotopic (exact) mass is 353 g/mol. The minimum atomic E-state index is -1.19. The van der Waals surface area contributed by atoms with Gasteiger partial charge in [0.25, 0.3) is 0 Å². The second-order valence-corrected chi connectivity index (χ2v) is 6.23. The van der Waals surface area contributed by atoms with Gasteiger partial charge >= 0.3 is 0 Å². The number of phenolic OH excluding ortho intramolecular Hbond substituents is 1. The molecule has 0 spiro atoms. The Hall–Kier alpha value is -3.19. The predicted molar refractivity (Wildman–Crippen MR) is 94.8 cm³/mol. The van der Waals surface area contributed by atoms with Gasteiger partial charge in [-0.25, -0.2) is 4.68 Å². The fourth-order valence-corrected chi connectivity index (χ4v) is 2.64. The Morgan fingerprint density at radius 2 is 2.00 bits per heavy atom. The van der Waals surface area contributed by atoms with Crippen LogP contribution in [-0.2, 0) is 12.3 Å². The van der Waals surface area contributed by atoms with Crippen LogP contribution in [0.3, 0.4) is 0 Å². The average Bonchev–Trinajstić information content (AvgIpc) is 3.10. The van der Waals surface area contributed by atoms with Crippen LogP contribution in [0, 0.1) is 0 Å². The van der Waals surface area contributed by atoms with Gasteiger partial charge in [-0.3, -0.25) is 9.78 Å². The van der Waals surface area contributed by atoms with Gasteiger partial charge in [0.05, 0.1) is 17.0 Å².